The second kappa shape index (κ2) is 7.83. The molecule has 27 heavy (non-hydrogen) atoms. The third kappa shape index (κ3) is 3.92. The molecule has 0 saturated carbocycles. The van der Waals surface area contributed by atoms with Crippen molar-refractivity contribution < 1.29 is 27.4 Å². The Morgan fingerprint density at radius 1 is 1.30 bits per heavy atom. The largest absolute Gasteiger partial charge is 0.306 e. The first-order valence-corrected chi connectivity index (χ1v) is 7.89. The van der Waals surface area contributed by atoms with E-state index in [2.05, 4.69) is 5.10 Å². The predicted molar refractivity (Wildman–Crippen MR) is 111 cm³/mol. The number of nitrogens with zero attached hydrogens (tertiary/aromatic N) is 3. The average Bonchev–Trinajstić information content (AvgIpc) is 2.93. The van der Waals surface area contributed by atoms with E-state index in [0.29, 0.717) is 0 Å². The van der Waals surface area contributed by atoms with Crippen LogP contribution in [-0.4, -0.2) is 34.6 Å². The maximum absolute atomic E-state index is 14.0. The van der Waals surface area contributed by atoms with Crippen LogP contribution in [0.1, 0.15) is 63.8 Å². The van der Waals surface area contributed by atoms with Crippen LogP contribution in [0.3, 0.4) is 0 Å². The van der Waals surface area contributed by atoms with Gasteiger partial charge in [-0.05, 0) is 62.8 Å². The Morgan fingerprint density at radius 2 is 2.07 bits per heavy atom. The van der Waals surface area contributed by atoms with Gasteiger partial charge in [-0.3, -0.25) is 4.79 Å². The first-order chi connectivity index (χ1) is 20.9. The van der Waals surface area contributed by atoms with Crippen molar-refractivity contribution in [2.75, 3.05) is 20.0 Å². The summed E-state index contributed by atoms with van der Waals surface area (Å²) in [5.41, 5.74) is -3.70. The molecule has 2 aromatic carbocycles. The van der Waals surface area contributed by atoms with Gasteiger partial charge < -0.3 is 4.90 Å². The van der Waals surface area contributed by atoms with Crippen molar-refractivity contribution in [3.8, 4) is 0 Å². The molecule has 1 aliphatic heterocycles. The molecule has 4 nitrogen and oxygen atoms in total. The normalized spacial score (nSPS) is 42.4. The van der Waals surface area contributed by atoms with Crippen molar-refractivity contribution in [2.45, 2.75) is 31.5 Å². The zero-order valence-corrected chi connectivity index (χ0v) is 14.2. The van der Waals surface area contributed by atoms with Crippen molar-refractivity contribution in [3.05, 3.63) is 75.1 Å². The topological polar surface area (TPSA) is 38.1 Å². The van der Waals surface area contributed by atoms with E-state index < -0.39 is 118 Å². The fourth-order valence-corrected chi connectivity index (χ4v) is 2.42. The van der Waals surface area contributed by atoms with Crippen molar-refractivity contribution in [2.24, 2.45) is 0 Å². The Labute approximate surface area is 192 Å². The molecule has 140 valence electrons. The van der Waals surface area contributed by atoms with Crippen LogP contribution in [0.4, 0.5) is 0 Å². The molecule has 0 amide bonds. The molecular formula is C22H24ClN3O. The van der Waals surface area contributed by atoms with Crippen LogP contribution in [0, 0.1) is 0 Å². The lowest BCUT2D eigenvalue weighted by molar-refractivity contribution is 0.334. The summed E-state index contributed by atoms with van der Waals surface area (Å²) in [5, 5.41) is 1.97. The van der Waals surface area contributed by atoms with E-state index in [1.54, 1.807) is 0 Å². The summed E-state index contributed by atoms with van der Waals surface area (Å²) in [7, 11) is 0. The molecule has 0 N–H and O–H groups in total. The second-order valence-electron chi connectivity index (χ2n) is 5.21. The van der Waals surface area contributed by atoms with Crippen molar-refractivity contribution in [1.82, 2.24) is 14.7 Å². The van der Waals surface area contributed by atoms with Gasteiger partial charge in [-0.1, -0.05) is 41.9 Å². The number of rotatable bonds is 3. The molecule has 3 aromatic rings. The van der Waals surface area contributed by atoms with Gasteiger partial charge in [0.2, 0.25) is 0 Å². The van der Waals surface area contributed by atoms with E-state index in [9.17, 15) is 6.17 Å². The summed E-state index contributed by atoms with van der Waals surface area (Å²) in [6.07, 6.45) is -16.5. The van der Waals surface area contributed by atoms with Crippen LogP contribution in [0.5, 0.6) is 0 Å². The van der Waals surface area contributed by atoms with E-state index in [-0.39, 0.29) is 0 Å². The smallest absolute Gasteiger partial charge is 0.274 e. The van der Waals surface area contributed by atoms with Crippen LogP contribution in [0.15, 0.2) is 53.2 Å². The molecule has 2 heterocycles. The van der Waals surface area contributed by atoms with Crippen LogP contribution in [-0.2, 0) is 6.37 Å². The SMILES string of the molecule is [2H]c1c([2H])c(C([2H])([2H])c2nn(C3([2H])C([2H])([2H])C([2H])([2H])N(C([2H])([2H])[2H])C([2H])([2H])C([2H])([2H])C3([2H])[2H])c(=O)c3ccccc23)c([2H])c([2H])c1Cl. The molecule has 1 fully saturated rings. The summed E-state index contributed by atoms with van der Waals surface area (Å²) in [5.74, 6) is 0. The number of hydrogen-bond donors (Lipinski definition) is 0. The Bertz CT molecular complexity index is 1820. The predicted octanol–water partition coefficient (Wildman–Crippen LogP) is 4.30. The van der Waals surface area contributed by atoms with Gasteiger partial charge in [0.15, 0.2) is 0 Å². The van der Waals surface area contributed by atoms with Gasteiger partial charge in [0.1, 0.15) is 0 Å². The first kappa shape index (κ1) is 6.16. The van der Waals surface area contributed by atoms with Crippen molar-refractivity contribution in [1.29, 1.82) is 0 Å². The number of hydrogen-bond acceptors (Lipinski definition) is 3. The molecule has 1 unspecified atom stereocenters. The number of fused-ring (bicyclic) bond motifs is 1. The lowest BCUT2D eigenvalue weighted by Gasteiger charge is -2.19. The molecule has 5 heteroatoms. The highest BCUT2D eigenvalue weighted by molar-refractivity contribution is 6.30. The number of aromatic nitrogens is 2. The van der Waals surface area contributed by atoms with Crippen molar-refractivity contribution in [3.63, 3.8) is 0 Å². The van der Waals surface area contributed by atoms with Crippen LogP contribution in [0.25, 0.3) is 10.8 Å². The second-order valence-corrected chi connectivity index (χ2v) is 5.59. The molecule has 0 aliphatic carbocycles. The highest BCUT2D eigenvalue weighted by Crippen LogP contribution is 2.23. The molecule has 1 aromatic heterocycles. The summed E-state index contributed by atoms with van der Waals surface area (Å²) in [4.78, 5) is 13.1. The Morgan fingerprint density at radius 3 is 2.85 bits per heavy atom. The van der Waals surface area contributed by atoms with Crippen LogP contribution in [0.2, 0.25) is 5.02 Å². The fourth-order valence-electron chi connectivity index (χ4n) is 2.33. The monoisotopic (exact) mass is 401 g/mol. The van der Waals surface area contributed by atoms with Crippen LogP contribution < -0.4 is 5.56 Å². The van der Waals surface area contributed by atoms with Gasteiger partial charge in [0.05, 0.1) is 24.0 Å². The quantitative estimate of drug-likeness (QED) is 0.656. The molecule has 0 spiro atoms. The van der Waals surface area contributed by atoms with Gasteiger partial charge in [-0.2, -0.15) is 5.10 Å². The maximum atomic E-state index is 14.0. The molecular weight excluding hydrogens is 358 g/mol. The minimum absolute atomic E-state index is 0.427. The number of likely N-dealkylation sites (tertiary alicyclic amines) is 1. The van der Waals surface area contributed by atoms with E-state index in [1.807, 2.05) is 0 Å². The third-order valence-electron chi connectivity index (χ3n) is 3.49. The lowest BCUT2D eigenvalue weighted by atomic mass is 10.0. The van der Waals surface area contributed by atoms with Gasteiger partial charge >= 0.3 is 0 Å². The zero-order valence-electron chi connectivity index (χ0n) is 33.4. The minimum atomic E-state index is -4.41. The van der Waals surface area contributed by atoms with Crippen molar-refractivity contribution >= 4 is 22.4 Å². The standard InChI is InChI=1S/C22H24ClN3O/c1-25-13-4-5-18(12-14-25)26-22(27)20-7-3-2-6-19(20)21(24-26)15-16-8-10-17(23)11-9-16/h2-3,6-11,18H,4-5,12-15H2,1H3/i1D3,4D2,5D2,8D,9D,10D,11D,12D2,13D2,14D2,15D2,18D. The van der Waals surface area contributed by atoms with Gasteiger partial charge in [0.25, 0.3) is 5.56 Å². The Balaban J connectivity index is 2.28. The molecule has 4 rings (SSSR count). The highest BCUT2D eigenvalue weighted by Gasteiger charge is 2.21. The maximum Gasteiger partial charge on any atom is 0.274 e. The van der Waals surface area contributed by atoms with E-state index in [1.165, 1.54) is 12.1 Å². The number of benzene rings is 2. The molecule has 1 atom stereocenters. The minimum Gasteiger partial charge on any atom is -0.306 e. The molecule has 1 aliphatic rings. The summed E-state index contributed by atoms with van der Waals surface area (Å²) in [6.45, 7) is -12.6. The number of halogens is 1. The molecule has 0 bridgehead atoms. The Hall–Kier alpha value is -2.17. The third-order valence-corrected chi connectivity index (χ3v) is 3.68. The Kier molecular flexibility index (Phi) is 1.79. The lowest BCUT2D eigenvalue weighted by Crippen LogP contribution is -2.29. The van der Waals surface area contributed by atoms with Gasteiger partial charge in [-0.25, -0.2) is 4.68 Å². The summed E-state index contributed by atoms with van der Waals surface area (Å²) in [6, 6.07) is -3.64. The fraction of sp³-hybridized carbons (Fsp3) is 0.364. The first-order valence-electron chi connectivity index (χ1n) is 17.5. The van der Waals surface area contributed by atoms with E-state index in [0.717, 1.165) is 12.1 Å². The summed E-state index contributed by atoms with van der Waals surface area (Å²) < 4.78 is 168. The van der Waals surface area contributed by atoms with Gasteiger partial charge in [0, 0.05) is 37.3 Å². The van der Waals surface area contributed by atoms with Crippen LogP contribution >= 0.6 is 11.6 Å². The summed E-state index contributed by atoms with van der Waals surface area (Å²) >= 11 is 5.86. The molecule has 0 radical (unpaired) electrons. The van der Waals surface area contributed by atoms with E-state index in [4.69, 9.17) is 37.6 Å². The highest BCUT2D eigenvalue weighted by atomic mass is 35.5. The van der Waals surface area contributed by atoms with E-state index >= 15 is 0 Å². The van der Waals surface area contributed by atoms with Gasteiger partial charge in [-0.15, -0.1) is 0 Å². The zero-order chi connectivity index (χ0) is 36.5. The average molecular weight is 402 g/mol. The molecule has 1 saturated heterocycles.